The van der Waals surface area contributed by atoms with E-state index in [9.17, 15) is 13.2 Å². The Morgan fingerprint density at radius 3 is 2.56 bits per heavy atom. The van der Waals surface area contributed by atoms with Crippen LogP contribution in [0.2, 0.25) is 0 Å². The SMILES string of the molecule is COCNc1cc(S(=O)(=O)N[C@H]2CC[C@H](C(=O)OC)CC2)ccc1C#CI. The quantitative estimate of drug-likeness (QED) is 0.256. The van der Waals surface area contributed by atoms with Gasteiger partial charge >= 0.3 is 5.97 Å². The first kappa shape index (κ1) is 21.9. The second-order valence-electron chi connectivity index (χ2n) is 6.23. The lowest BCUT2D eigenvalue weighted by atomic mass is 9.86. The topological polar surface area (TPSA) is 93.7 Å². The number of benzene rings is 1. The highest BCUT2D eigenvalue weighted by atomic mass is 127. The van der Waals surface area contributed by atoms with Crippen LogP contribution in [-0.2, 0) is 24.3 Å². The molecule has 0 saturated heterocycles. The van der Waals surface area contributed by atoms with Crippen molar-refractivity contribution in [3.63, 3.8) is 0 Å². The Balaban J connectivity index is 2.12. The van der Waals surface area contributed by atoms with E-state index < -0.39 is 10.0 Å². The molecule has 1 aromatic rings. The standard InChI is InChI=1S/C18H23IN2O5S/c1-25-12-20-17-11-16(8-5-13(17)9-10-19)27(23,24)21-15-6-3-14(4-7-15)18(22)26-2/h5,8,11,14-15,20-21H,3-4,6-7,12H2,1-2H3/t14-,15-. The van der Waals surface area contributed by atoms with Gasteiger partial charge in [-0.3, -0.25) is 4.79 Å². The Morgan fingerprint density at radius 1 is 1.26 bits per heavy atom. The number of halogens is 1. The summed E-state index contributed by atoms with van der Waals surface area (Å²) in [4.78, 5) is 11.8. The molecule has 0 unspecified atom stereocenters. The fourth-order valence-corrected chi connectivity index (χ4v) is 4.67. The van der Waals surface area contributed by atoms with Crippen LogP contribution >= 0.6 is 22.6 Å². The molecule has 1 saturated carbocycles. The fourth-order valence-electron chi connectivity index (χ4n) is 3.05. The van der Waals surface area contributed by atoms with Gasteiger partial charge in [0.2, 0.25) is 10.0 Å². The smallest absolute Gasteiger partial charge is 0.308 e. The number of nitrogens with one attached hydrogen (secondary N) is 2. The van der Waals surface area contributed by atoms with Gasteiger partial charge < -0.3 is 14.8 Å². The van der Waals surface area contributed by atoms with Crippen molar-refractivity contribution in [2.45, 2.75) is 36.6 Å². The summed E-state index contributed by atoms with van der Waals surface area (Å²) in [5.41, 5.74) is 1.29. The molecule has 27 heavy (non-hydrogen) atoms. The van der Waals surface area contributed by atoms with Gasteiger partial charge in [0, 0.05) is 41.3 Å². The van der Waals surface area contributed by atoms with Gasteiger partial charge in [-0.25, -0.2) is 13.1 Å². The molecule has 7 nitrogen and oxygen atoms in total. The summed E-state index contributed by atoms with van der Waals surface area (Å²) in [5.74, 6) is 2.55. The van der Waals surface area contributed by atoms with Gasteiger partial charge in [0.1, 0.15) is 6.73 Å². The first-order chi connectivity index (χ1) is 12.9. The van der Waals surface area contributed by atoms with Gasteiger partial charge in [0.15, 0.2) is 0 Å². The van der Waals surface area contributed by atoms with E-state index in [0.29, 0.717) is 36.9 Å². The molecule has 0 aliphatic heterocycles. The minimum Gasteiger partial charge on any atom is -0.469 e. The van der Waals surface area contributed by atoms with Crippen molar-refractivity contribution in [1.82, 2.24) is 4.72 Å². The van der Waals surface area contributed by atoms with Crippen molar-refractivity contribution < 1.29 is 22.7 Å². The van der Waals surface area contributed by atoms with Crippen molar-refractivity contribution in [2.75, 3.05) is 26.3 Å². The van der Waals surface area contributed by atoms with Crippen molar-refractivity contribution in [1.29, 1.82) is 0 Å². The molecular weight excluding hydrogens is 483 g/mol. The third-order valence-corrected chi connectivity index (χ3v) is 6.26. The molecule has 0 atom stereocenters. The molecule has 1 aliphatic carbocycles. The minimum absolute atomic E-state index is 0.147. The number of hydrogen-bond donors (Lipinski definition) is 2. The highest BCUT2D eigenvalue weighted by molar-refractivity contribution is 14.1. The van der Waals surface area contributed by atoms with Crippen LogP contribution in [0.3, 0.4) is 0 Å². The monoisotopic (exact) mass is 506 g/mol. The van der Waals surface area contributed by atoms with E-state index >= 15 is 0 Å². The molecule has 1 aliphatic rings. The number of carbonyl (C=O) groups is 1. The Morgan fingerprint density at radius 2 is 1.96 bits per heavy atom. The van der Waals surface area contributed by atoms with E-state index in [2.05, 4.69) is 19.9 Å². The summed E-state index contributed by atoms with van der Waals surface area (Å²) in [6.45, 7) is 0.240. The van der Waals surface area contributed by atoms with Crippen LogP contribution in [0.1, 0.15) is 31.2 Å². The minimum atomic E-state index is -3.68. The number of rotatable bonds is 7. The van der Waals surface area contributed by atoms with Gasteiger partial charge in [0.25, 0.3) is 0 Å². The molecule has 0 aromatic heterocycles. The highest BCUT2D eigenvalue weighted by Gasteiger charge is 2.29. The molecule has 0 amide bonds. The predicted octanol–water partition coefficient (Wildman–Crippen LogP) is 2.46. The average Bonchev–Trinajstić information content (AvgIpc) is 2.67. The number of esters is 1. The number of sulfonamides is 1. The van der Waals surface area contributed by atoms with Crippen LogP contribution in [-0.4, -0.2) is 41.4 Å². The van der Waals surface area contributed by atoms with E-state index in [1.54, 1.807) is 19.2 Å². The van der Waals surface area contributed by atoms with Crippen molar-refractivity contribution in [2.24, 2.45) is 5.92 Å². The lowest BCUT2D eigenvalue weighted by Gasteiger charge is -2.27. The van der Waals surface area contributed by atoms with E-state index in [-0.39, 0.29) is 29.6 Å². The summed E-state index contributed by atoms with van der Waals surface area (Å²) < 4.78 is 40.8. The number of anilines is 1. The Labute approximate surface area is 173 Å². The molecule has 0 spiro atoms. The molecule has 9 heteroatoms. The number of methoxy groups -OCH3 is 2. The van der Waals surface area contributed by atoms with Crippen LogP contribution in [0.5, 0.6) is 0 Å². The Hall–Kier alpha value is -1.35. The van der Waals surface area contributed by atoms with Gasteiger partial charge in [-0.1, -0.05) is 5.92 Å². The largest absolute Gasteiger partial charge is 0.469 e. The second-order valence-corrected chi connectivity index (χ2v) is 8.48. The van der Waals surface area contributed by atoms with Crippen LogP contribution < -0.4 is 10.0 Å². The highest BCUT2D eigenvalue weighted by Crippen LogP contribution is 2.27. The van der Waals surface area contributed by atoms with E-state index in [0.717, 1.165) is 0 Å². The van der Waals surface area contributed by atoms with E-state index in [1.807, 2.05) is 22.6 Å². The van der Waals surface area contributed by atoms with Crippen LogP contribution in [0.4, 0.5) is 5.69 Å². The number of carbonyl (C=O) groups excluding carboxylic acids is 1. The lowest BCUT2D eigenvalue weighted by Crippen LogP contribution is -2.38. The zero-order valence-electron chi connectivity index (χ0n) is 15.2. The van der Waals surface area contributed by atoms with Crippen molar-refractivity contribution in [3.05, 3.63) is 23.8 Å². The van der Waals surface area contributed by atoms with Gasteiger partial charge in [-0.15, -0.1) is 0 Å². The summed E-state index contributed by atoms with van der Waals surface area (Å²) in [5, 5.41) is 3.02. The third kappa shape index (κ3) is 6.07. The summed E-state index contributed by atoms with van der Waals surface area (Å²) in [6, 6.07) is 4.57. The predicted molar refractivity (Wildman–Crippen MR) is 111 cm³/mol. The maximum Gasteiger partial charge on any atom is 0.308 e. The van der Waals surface area contributed by atoms with E-state index in [4.69, 9.17) is 9.47 Å². The second kappa shape index (κ2) is 10.3. The third-order valence-electron chi connectivity index (χ3n) is 4.47. The van der Waals surface area contributed by atoms with E-state index in [1.165, 1.54) is 13.2 Å². The molecule has 1 aromatic carbocycles. The van der Waals surface area contributed by atoms with Gasteiger partial charge in [0.05, 0.1) is 23.6 Å². The molecule has 0 radical (unpaired) electrons. The number of hydrogen-bond acceptors (Lipinski definition) is 6. The maximum atomic E-state index is 12.8. The molecule has 0 heterocycles. The molecular formula is C18H23IN2O5S. The fraction of sp³-hybridized carbons (Fsp3) is 0.500. The lowest BCUT2D eigenvalue weighted by molar-refractivity contribution is -0.146. The van der Waals surface area contributed by atoms with Crippen LogP contribution in [0.15, 0.2) is 23.1 Å². The molecule has 148 valence electrons. The van der Waals surface area contributed by atoms with Crippen molar-refractivity contribution in [3.8, 4) is 9.85 Å². The van der Waals surface area contributed by atoms with Crippen LogP contribution in [0.25, 0.3) is 0 Å². The van der Waals surface area contributed by atoms with Gasteiger partial charge in [-0.2, -0.15) is 0 Å². The Kier molecular flexibility index (Phi) is 8.34. The van der Waals surface area contributed by atoms with Crippen LogP contribution in [0, 0.1) is 15.8 Å². The van der Waals surface area contributed by atoms with Gasteiger partial charge in [-0.05, 0) is 47.8 Å². The summed E-state index contributed by atoms with van der Waals surface area (Å²) in [7, 11) is -0.761. The Bertz CT molecular complexity index is 824. The van der Waals surface area contributed by atoms with Crippen molar-refractivity contribution >= 4 is 44.3 Å². The molecule has 1 fully saturated rings. The number of ether oxygens (including phenoxy) is 2. The molecule has 2 N–H and O–H groups in total. The zero-order valence-corrected chi connectivity index (χ0v) is 18.2. The first-order valence-electron chi connectivity index (χ1n) is 8.50. The summed E-state index contributed by atoms with van der Waals surface area (Å²) in [6.07, 6.45) is 2.44. The normalized spacial score (nSPS) is 19.7. The molecule has 0 bridgehead atoms. The first-order valence-corrected chi connectivity index (χ1v) is 11.1. The average molecular weight is 506 g/mol. The maximum absolute atomic E-state index is 12.8. The zero-order chi connectivity index (χ0) is 19.9. The summed E-state index contributed by atoms with van der Waals surface area (Å²) >= 11 is 1.93. The molecule has 2 rings (SSSR count).